The topological polar surface area (TPSA) is 69.1 Å². The van der Waals surface area contributed by atoms with E-state index >= 15 is 0 Å². The van der Waals surface area contributed by atoms with E-state index < -0.39 is 17.8 Å². The summed E-state index contributed by atoms with van der Waals surface area (Å²) < 4.78 is 45.2. The van der Waals surface area contributed by atoms with Gasteiger partial charge in [0.2, 0.25) is 6.41 Å². The monoisotopic (exact) mass is 522 g/mol. The number of carbonyl (C=O) groups excluding carboxylic acids is 1. The molecule has 1 atom stereocenters. The zero-order valence-electron chi connectivity index (χ0n) is 19.9. The molecule has 3 aromatic rings. The van der Waals surface area contributed by atoms with E-state index in [4.69, 9.17) is 4.74 Å². The van der Waals surface area contributed by atoms with Gasteiger partial charge < -0.3 is 14.7 Å². The Balaban J connectivity index is 1.17. The van der Waals surface area contributed by atoms with Gasteiger partial charge in [-0.2, -0.15) is 13.2 Å². The maximum absolute atomic E-state index is 12.8. The number of aliphatic hydroxyl groups excluding tert-OH is 1. The number of fused-ring (bicyclic) bond motifs is 1. The van der Waals surface area contributed by atoms with Crippen LogP contribution in [-0.4, -0.2) is 84.8 Å². The number of piperazine rings is 1. The molecule has 0 bridgehead atoms. The molecule has 2 aromatic carbocycles. The van der Waals surface area contributed by atoms with Crippen LogP contribution in [0.3, 0.4) is 0 Å². The van der Waals surface area contributed by atoms with Crippen molar-refractivity contribution in [3.05, 3.63) is 53.0 Å². The standard InChI is InChI=1S/C25H29F3N4O3S/c1-18-29-23-14-22(6-7-24(23)36-18)35-16-21(34)15-31-10-8-30(9-11-31)12-13-32(17-33)20-4-2-19(3-5-20)25(26,27)28/h2-7,14,17,21,34H,8-13,15-16H2,1H3/t21-/m1/s1. The van der Waals surface area contributed by atoms with Gasteiger partial charge in [-0.05, 0) is 43.3 Å². The number of amides is 1. The first-order chi connectivity index (χ1) is 17.2. The maximum Gasteiger partial charge on any atom is 0.416 e. The summed E-state index contributed by atoms with van der Waals surface area (Å²) in [6.07, 6.45) is -4.39. The van der Waals surface area contributed by atoms with Crippen LogP contribution in [0.2, 0.25) is 0 Å². The average Bonchev–Trinajstić information content (AvgIpc) is 3.23. The Labute approximate surface area is 211 Å². The van der Waals surface area contributed by atoms with Crippen LogP contribution in [0.5, 0.6) is 5.75 Å². The molecular weight excluding hydrogens is 493 g/mol. The molecule has 0 unspecified atom stereocenters. The Morgan fingerprint density at radius 2 is 1.83 bits per heavy atom. The molecule has 194 valence electrons. The molecule has 0 aliphatic carbocycles. The van der Waals surface area contributed by atoms with Crippen LogP contribution in [0.1, 0.15) is 10.6 Å². The number of hydrogen-bond acceptors (Lipinski definition) is 7. The first-order valence-corrected chi connectivity index (χ1v) is 12.5. The molecule has 1 N–H and O–H groups in total. The van der Waals surface area contributed by atoms with Crippen molar-refractivity contribution in [1.29, 1.82) is 0 Å². The fraction of sp³-hybridized carbons (Fsp3) is 0.440. The number of aromatic nitrogens is 1. The third kappa shape index (κ3) is 6.94. The number of halogens is 3. The Kier molecular flexibility index (Phi) is 8.45. The number of β-amino-alcohol motifs (C(OH)–C–C–N with tert-alkyl or cyclic N) is 1. The summed E-state index contributed by atoms with van der Waals surface area (Å²) >= 11 is 1.63. The normalized spacial score (nSPS) is 16.2. The average molecular weight is 523 g/mol. The van der Waals surface area contributed by atoms with Crippen LogP contribution in [0.15, 0.2) is 42.5 Å². The van der Waals surface area contributed by atoms with E-state index in [-0.39, 0.29) is 6.61 Å². The number of carbonyl (C=O) groups is 1. The third-order valence-electron chi connectivity index (χ3n) is 6.15. The molecule has 1 amide bonds. The quantitative estimate of drug-likeness (QED) is 0.410. The van der Waals surface area contributed by atoms with Crippen molar-refractivity contribution in [1.82, 2.24) is 14.8 Å². The van der Waals surface area contributed by atoms with Gasteiger partial charge in [-0.1, -0.05) is 0 Å². The van der Waals surface area contributed by atoms with Crippen LogP contribution >= 0.6 is 11.3 Å². The predicted molar refractivity (Wildman–Crippen MR) is 134 cm³/mol. The molecule has 0 saturated carbocycles. The molecule has 2 heterocycles. The number of alkyl halides is 3. The molecule has 1 aromatic heterocycles. The molecule has 36 heavy (non-hydrogen) atoms. The maximum atomic E-state index is 12.8. The van der Waals surface area contributed by atoms with Crippen molar-refractivity contribution in [2.75, 3.05) is 57.3 Å². The van der Waals surface area contributed by atoms with Crippen molar-refractivity contribution in [2.24, 2.45) is 0 Å². The van der Waals surface area contributed by atoms with E-state index in [2.05, 4.69) is 14.8 Å². The largest absolute Gasteiger partial charge is 0.491 e. The number of hydrogen-bond donors (Lipinski definition) is 1. The summed E-state index contributed by atoms with van der Waals surface area (Å²) in [6, 6.07) is 10.3. The van der Waals surface area contributed by atoms with E-state index in [1.54, 1.807) is 11.3 Å². The zero-order valence-corrected chi connectivity index (χ0v) is 20.8. The third-order valence-corrected chi connectivity index (χ3v) is 7.10. The summed E-state index contributed by atoms with van der Waals surface area (Å²) in [6.45, 7) is 6.72. The first-order valence-electron chi connectivity index (χ1n) is 11.7. The lowest BCUT2D eigenvalue weighted by Crippen LogP contribution is -2.50. The molecule has 0 spiro atoms. The summed E-state index contributed by atoms with van der Waals surface area (Å²) in [5.41, 5.74) is 0.590. The van der Waals surface area contributed by atoms with Crippen LogP contribution in [-0.2, 0) is 11.0 Å². The van der Waals surface area contributed by atoms with Gasteiger partial charge in [0.05, 0.1) is 20.8 Å². The Hall–Kier alpha value is -2.73. The zero-order chi connectivity index (χ0) is 25.7. The van der Waals surface area contributed by atoms with Crippen LogP contribution in [0.4, 0.5) is 18.9 Å². The van der Waals surface area contributed by atoms with Crippen LogP contribution in [0.25, 0.3) is 10.2 Å². The van der Waals surface area contributed by atoms with Crippen molar-refractivity contribution < 1.29 is 27.8 Å². The highest BCUT2D eigenvalue weighted by Crippen LogP contribution is 2.30. The molecule has 1 fully saturated rings. The number of thiazole rings is 1. The van der Waals surface area contributed by atoms with Gasteiger partial charge in [-0.15, -0.1) is 11.3 Å². The molecular formula is C25H29F3N4O3S. The number of nitrogens with zero attached hydrogens (tertiary/aromatic N) is 4. The Morgan fingerprint density at radius 3 is 2.50 bits per heavy atom. The van der Waals surface area contributed by atoms with Gasteiger partial charge in [0.15, 0.2) is 0 Å². The number of anilines is 1. The molecule has 7 nitrogen and oxygen atoms in total. The lowest BCUT2D eigenvalue weighted by atomic mass is 10.2. The number of benzene rings is 2. The van der Waals surface area contributed by atoms with Crippen molar-refractivity contribution in [3.8, 4) is 5.75 Å². The van der Waals surface area contributed by atoms with E-state index in [9.17, 15) is 23.1 Å². The Bertz CT molecular complexity index is 1150. The molecule has 0 radical (unpaired) electrons. The molecule has 11 heteroatoms. The second-order valence-corrected chi connectivity index (χ2v) is 10.0. The number of aliphatic hydroxyl groups is 1. The first kappa shape index (κ1) is 26.3. The van der Waals surface area contributed by atoms with Crippen molar-refractivity contribution in [2.45, 2.75) is 19.2 Å². The molecule has 1 saturated heterocycles. The van der Waals surface area contributed by atoms with Gasteiger partial charge in [0.25, 0.3) is 0 Å². The smallest absolute Gasteiger partial charge is 0.416 e. The second kappa shape index (κ2) is 11.5. The molecule has 4 rings (SSSR count). The van der Waals surface area contributed by atoms with E-state index in [1.807, 2.05) is 25.1 Å². The fourth-order valence-electron chi connectivity index (χ4n) is 4.18. The van der Waals surface area contributed by atoms with E-state index in [1.165, 1.54) is 17.0 Å². The lowest BCUT2D eigenvalue weighted by molar-refractivity contribution is -0.137. The van der Waals surface area contributed by atoms with Gasteiger partial charge in [-0.25, -0.2) is 4.98 Å². The van der Waals surface area contributed by atoms with Crippen molar-refractivity contribution >= 4 is 33.7 Å². The number of rotatable bonds is 10. The summed E-state index contributed by atoms with van der Waals surface area (Å²) in [7, 11) is 0. The van der Waals surface area contributed by atoms with Crippen LogP contribution < -0.4 is 9.64 Å². The minimum atomic E-state index is -4.40. The van der Waals surface area contributed by atoms with Gasteiger partial charge >= 0.3 is 6.18 Å². The van der Waals surface area contributed by atoms with Gasteiger partial charge in [-0.3, -0.25) is 14.6 Å². The fourth-order valence-corrected chi connectivity index (χ4v) is 4.99. The summed E-state index contributed by atoms with van der Waals surface area (Å²) in [5.74, 6) is 0.685. The number of ether oxygens (including phenoxy) is 1. The summed E-state index contributed by atoms with van der Waals surface area (Å²) in [4.78, 5) is 21.7. The van der Waals surface area contributed by atoms with Crippen molar-refractivity contribution in [3.63, 3.8) is 0 Å². The minimum absolute atomic E-state index is 0.191. The predicted octanol–water partition coefficient (Wildman–Crippen LogP) is 3.64. The van der Waals surface area contributed by atoms with Crippen LogP contribution in [0, 0.1) is 6.92 Å². The van der Waals surface area contributed by atoms with E-state index in [0.29, 0.717) is 37.5 Å². The summed E-state index contributed by atoms with van der Waals surface area (Å²) in [5, 5.41) is 11.4. The van der Waals surface area contributed by atoms with Gasteiger partial charge in [0.1, 0.15) is 18.5 Å². The SMILES string of the molecule is Cc1nc2cc(OC[C@H](O)CN3CCN(CCN(C=O)c4ccc(C(F)(F)F)cc4)CC3)ccc2s1. The Morgan fingerprint density at radius 1 is 1.14 bits per heavy atom. The second-order valence-electron chi connectivity index (χ2n) is 8.81. The minimum Gasteiger partial charge on any atom is -0.491 e. The highest BCUT2D eigenvalue weighted by atomic mass is 32.1. The number of aryl methyl sites for hydroxylation is 1. The highest BCUT2D eigenvalue weighted by Gasteiger charge is 2.30. The molecule has 1 aliphatic rings. The lowest BCUT2D eigenvalue weighted by Gasteiger charge is -2.36. The van der Waals surface area contributed by atoms with E-state index in [0.717, 1.165) is 53.5 Å². The van der Waals surface area contributed by atoms with Gasteiger partial charge in [0, 0.05) is 57.6 Å². The highest BCUT2D eigenvalue weighted by molar-refractivity contribution is 7.18. The molecule has 1 aliphatic heterocycles.